The molecule has 6 heteroatoms. The number of rotatable bonds is 7. The smallest absolute Gasteiger partial charge is 0.225 e. The summed E-state index contributed by atoms with van der Waals surface area (Å²) in [6, 6.07) is 1.84. The van der Waals surface area contributed by atoms with Gasteiger partial charge < -0.3 is 15.1 Å². The summed E-state index contributed by atoms with van der Waals surface area (Å²) in [5, 5.41) is 3.13. The number of anilines is 1. The van der Waals surface area contributed by atoms with Gasteiger partial charge in [-0.25, -0.2) is 9.97 Å². The lowest BCUT2D eigenvalue weighted by atomic mass is 9.97. The van der Waals surface area contributed by atoms with Crippen molar-refractivity contribution in [3.8, 4) is 0 Å². The highest BCUT2D eigenvalue weighted by Gasteiger charge is 2.21. The standard InChI is InChI=1S/C18H29N5O/c24-17(5-3-12-22-10-1-2-11-22)21-15-16-6-13-23(14-7-16)18-19-8-4-9-20-18/h4,8-9,16H,1-3,5-7,10-15H2,(H,21,24). The molecule has 0 radical (unpaired) electrons. The van der Waals surface area contributed by atoms with Crippen LogP contribution >= 0.6 is 0 Å². The van der Waals surface area contributed by atoms with E-state index in [2.05, 4.69) is 25.1 Å². The lowest BCUT2D eigenvalue weighted by Gasteiger charge is -2.31. The number of nitrogens with zero attached hydrogens (tertiary/aromatic N) is 4. The first-order valence-electron chi connectivity index (χ1n) is 9.32. The normalized spacial score (nSPS) is 19.6. The molecule has 2 fully saturated rings. The summed E-state index contributed by atoms with van der Waals surface area (Å²) in [5.74, 6) is 1.61. The summed E-state index contributed by atoms with van der Waals surface area (Å²) in [4.78, 5) is 25.3. The van der Waals surface area contributed by atoms with Crippen LogP contribution in [0.4, 0.5) is 5.95 Å². The summed E-state index contributed by atoms with van der Waals surface area (Å²) in [7, 11) is 0. The van der Waals surface area contributed by atoms with E-state index in [1.54, 1.807) is 12.4 Å². The van der Waals surface area contributed by atoms with Crippen LogP contribution in [-0.2, 0) is 4.79 Å². The molecule has 2 saturated heterocycles. The summed E-state index contributed by atoms with van der Waals surface area (Å²) < 4.78 is 0. The number of likely N-dealkylation sites (tertiary alicyclic amines) is 1. The van der Waals surface area contributed by atoms with Crippen LogP contribution < -0.4 is 10.2 Å². The van der Waals surface area contributed by atoms with E-state index in [1.807, 2.05) is 6.07 Å². The van der Waals surface area contributed by atoms with Crippen LogP contribution in [0.5, 0.6) is 0 Å². The Kier molecular flexibility index (Phi) is 6.41. The third-order valence-corrected chi connectivity index (χ3v) is 5.11. The minimum atomic E-state index is 0.211. The number of hydrogen-bond donors (Lipinski definition) is 1. The quantitative estimate of drug-likeness (QED) is 0.824. The van der Waals surface area contributed by atoms with E-state index in [9.17, 15) is 4.79 Å². The van der Waals surface area contributed by atoms with Crippen molar-refractivity contribution in [2.45, 2.75) is 38.5 Å². The Labute approximate surface area is 144 Å². The molecule has 3 heterocycles. The molecule has 0 aliphatic carbocycles. The fourth-order valence-corrected chi connectivity index (χ4v) is 3.61. The van der Waals surface area contributed by atoms with Crippen LogP contribution in [0.2, 0.25) is 0 Å². The number of carbonyl (C=O) groups is 1. The molecule has 0 spiro atoms. The topological polar surface area (TPSA) is 61.4 Å². The zero-order valence-electron chi connectivity index (χ0n) is 14.5. The van der Waals surface area contributed by atoms with E-state index in [0.717, 1.165) is 51.4 Å². The summed E-state index contributed by atoms with van der Waals surface area (Å²) in [6.07, 6.45) is 10.0. The fourth-order valence-electron chi connectivity index (χ4n) is 3.61. The van der Waals surface area contributed by atoms with Crippen molar-refractivity contribution in [3.05, 3.63) is 18.5 Å². The number of aromatic nitrogens is 2. The van der Waals surface area contributed by atoms with Gasteiger partial charge >= 0.3 is 0 Å². The van der Waals surface area contributed by atoms with Crippen LogP contribution in [0.15, 0.2) is 18.5 Å². The van der Waals surface area contributed by atoms with Crippen LogP contribution in [0.3, 0.4) is 0 Å². The van der Waals surface area contributed by atoms with Gasteiger partial charge in [0.2, 0.25) is 11.9 Å². The number of nitrogens with one attached hydrogen (secondary N) is 1. The lowest BCUT2D eigenvalue weighted by Crippen LogP contribution is -2.39. The zero-order valence-corrected chi connectivity index (χ0v) is 14.5. The number of carbonyl (C=O) groups excluding carboxylic acids is 1. The van der Waals surface area contributed by atoms with Crippen molar-refractivity contribution in [3.63, 3.8) is 0 Å². The van der Waals surface area contributed by atoms with E-state index < -0.39 is 0 Å². The minimum absolute atomic E-state index is 0.211. The maximum Gasteiger partial charge on any atom is 0.225 e. The van der Waals surface area contributed by atoms with Crippen molar-refractivity contribution in [2.75, 3.05) is 44.2 Å². The monoisotopic (exact) mass is 331 g/mol. The van der Waals surface area contributed by atoms with Crippen molar-refractivity contribution in [2.24, 2.45) is 5.92 Å². The van der Waals surface area contributed by atoms with Gasteiger partial charge in [-0.15, -0.1) is 0 Å². The van der Waals surface area contributed by atoms with Crippen LogP contribution in [0, 0.1) is 5.92 Å². The molecule has 6 nitrogen and oxygen atoms in total. The second kappa shape index (κ2) is 8.97. The largest absolute Gasteiger partial charge is 0.356 e. The maximum atomic E-state index is 12.0. The molecule has 1 N–H and O–H groups in total. The first-order valence-corrected chi connectivity index (χ1v) is 9.32. The van der Waals surface area contributed by atoms with E-state index in [-0.39, 0.29) is 5.91 Å². The van der Waals surface area contributed by atoms with Crippen molar-refractivity contribution in [1.29, 1.82) is 0 Å². The second-order valence-electron chi connectivity index (χ2n) is 6.94. The van der Waals surface area contributed by atoms with Gasteiger partial charge in [0.15, 0.2) is 0 Å². The summed E-state index contributed by atoms with van der Waals surface area (Å²) >= 11 is 0. The van der Waals surface area contributed by atoms with Crippen LogP contribution in [-0.4, -0.2) is 60.0 Å². The molecule has 2 aliphatic heterocycles. The lowest BCUT2D eigenvalue weighted by molar-refractivity contribution is -0.121. The van der Waals surface area contributed by atoms with Gasteiger partial charge in [0.1, 0.15) is 0 Å². The number of piperidine rings is 1. The Balaban J connectivity index is 1.28. The zero-order chi connectivity index (χ0) is 16.6. The van der Waals surface area contributed by atoms with Crippen molar-refractivity contribution in [1.82, 2.24) is 20.2 Å². The Hall–Kier alpha value is -1.69. The SMILES string of the molecule is O=C(CCCN1CCCC1)NCC1CCN(c2ncccn2)CC1. The molecule has 0 aromatic carbocycles. The Morgan fingerprint density at radius 3 is 2.54 bits per heavy atom. The van der Waals surface area contributed by atoms with Crippen LogP contribution in [0.25, 0.3) is 0 Å². The molecule has 0 unspecified atom stereocenters. The van der Waals surface area contributed by atoms with Gasteiger partial charge in [0.05, 0.1) is 0 Å². The highest BCUT2D eigenvalue weighted by atomic mass is 16.1. The summed E-state index contributed by atoms with van der Waals surface area (Å²) in [6.45, 7) is 6.25. The minimum Gasteiger partial charge on any atom is -0.356 e. The molecule has 0 saturated carbocycles. The molecule has 1 aromatic rings. The average Bonchev–Trinajstić information content (AvgIpc) is 3.15. The molecule has 0 bridgehead atoms. The second-order valence-corrected chi connectivity index (χ2v) is 6.94. The van der Waals surface area contributed by atoms with Gasteiger partial charge in [-0.2, -0.15) is 0 Å². The highest BCUT2D eigenvalue weighted by molar-refractivity contribution is 5.75. The first-order chi connectivity index (χ1) is 11.8. The molecular weight excluding hydrogens is 302 g/mol. The van der Waals surface area contributed by atoms with Crippen molar-refractivity contribution >= 4 is 11.9 Å². The third-order valence-electron chi connectivity index (χ3n) is 5.11. The number of hydrogen-bond acceptors (Lipinski definition) is 5. The Morgan fingerprint density at radius 1 is 1.12 bits per heavy atom. The van der Waals surface area contributed by atoms with Gasteiger partial charge in [-0.3, -0.25) is 4.79 Å². The summed E-state index contributed by atoms with van der Waals surface area (Å²) in [5.41, 5.74) is 0. The molecule has 1 aromatic heterocycles. The Morgan fingerprint density at radius 2 is 1.83 bits per heavy atom. The third kappa shape index (κ3) is 5.16. The maximum absolute atomic E-state index is 12.0. The predicted octanol–water partition coefficient (Wildman–Crippen LogP) is 1.69. The van der Waals surface area contributed by atoms with E-state index >= 15 is 0 Å². The highest BCUT2D eigenvalue weighted by Crippen LogP contribution is 2.19. The van der Waals surface area contributed by atoms with Gasteiger partial charge in [0, 0.05) is 38.4 Å². The van der Waals surface area contributed by atoms with Gasteiger partial charge in [-0.05, 0) is 63.7 Å². The molecule has 0 atom stereocenters. The van der Waals surface area contributed by atoms with Crippen molar-refractivity contribution < 1.29 is 4.79 Å². The van der Waals surface area contributed by atoms with E-state index in [4.69, 9.17) is 0 Å². The molecule has 24 heavy (non-hydrogen) atoms. The average molecular weight is 331 g/mol. The molecule has 132 valence electrons. The predicted molar refractivity (Wildman–Crippen MR) is 94.9 cm³/mol. The number of amides is 1. The van der Waals surface area contributed by atoms with Gasteiger partial charge in [0.25, 0.3) is 0 Å². The molecular formula is C18H29N5O. The first kappa shape index (κ1) is 17.1. The fraction of sp³-hybridized carbons (Fsp3) is 0.722. The molecule has 1 amide bonds. The van der Waals surface area contributed by atoms with Crippen LogP contribution in [0.1, 0.15) is 38.5 Å². The van der Waals surface area contributed by atoms with E-state index in [1.165, 1.54) is 25.9 Å². The molecule has 2 aliphatic rings. The Bertz CT molecular complexity index is 495. The van der Waals surface area contributed by atoms with E-state index in [0.29, 0.717) is 12.3 Å². The van der Waals surface area contributed by atoms with Gasteiger partial charge in [-0.1, -0.05) is 0 Å². The molecule has 3 rings (SSSR count).